The molecular weight excluding hydrogens is 227 g/mol. The van der Waals surface area contributed by atoms with Crippen LogP contribution in [0.2, 0.25) is 5.02 Å². The fourth-order valence-corrected chi connectivity index (χ4v) is 2.60. The molecule has 2 N–H and O–H groups in total. The molecule has 0 saturated carbocycles. The quantitative estimate of drug-likeness (QED) is 0.864. The van der Waals surface area contributed by atoms with E-state index >= 15 is 0 Å². The van der Waals surface area contributed by atoms with Gasteiger partial charge in [0.2, 0.25) is 0 Å². The Bertz CT molecular complexity index is 383. The SMILES string of the molecule is CCN1CCC(N)C1c1cccc(Cl)c1F. The monoisotopic (exact) mass is 242 g/mol. The first-order valence-electron chi connectivity index (χ1n) is 5.58. The summed E-state index contributed by atoms with van der Waals surface area (Å²) in [6, 6.07) is 5.08. The molecule has 0 aliphatic carbocycles. The third-order valence-electron chi connectivity index (χ3n) is 3.25. The highest BCUT2D eigenvalue weighted by Crippen LogP contribution is 2.34. The van der Waals surface area contributed by atoms with Gasteiger partial charge in [-0.15, -0.1) is 0 Å². The predicted octanol–water partition coefficient (Wildman–Crippen LogP) is 2.57. The first kappa shape index (κ1) is 11.8. The van der Waals surface area contributed by atoms with Gasteiger partial charge in [0.1, 0.15) is 5.82 Å². The molecule has 1 fully saturated rings. The van der Waals surface area contributed by atoms with Gasteiger partial charge in [0.05, 0.1) is 11.1 Å². The van der Waals surface area contributed by atoms with Gasteiger partial charge in [-0.25, -0.2) is 4.39 Å². The van der Waals surface area contributed by atoms with Crippen LogP contribution in [0.3, 0.4) is 0 Å². The minimum absolute atomic E-state index is 0.00656. The molecule has 2 rings (SSSR count). The number of nitrogens with zero attached hydrogens (tertiary/aromatic N) is 1. The number of rotatable bonds is 2. The van der Waals surface area contributed by atoms with E-state index in [2.05, 4.69) is 11.8 Å². The lowest BCUT2D eigenvalue weighted by Gasteiger charge is -2.26. The van der Waals surface area contributed by atoms with Gasteiger partial charge in [0.25, 0.3) is 0 Å². The maximum atomic E-state index is 13.9. The lowest BCUT2D eigenvalue weighted by Crippen LogP contribution is -2.32. The summed E-state index contributed by atoms with van der Waals surface area (Å²) >= 11 is 5.80. The van der Waals surface area contributed by atoms with E-state index < -0.39 is 0 Å². The summed E-state index contributed by atoms with van der Waals surface area (Å²) in [5, 5.41) is 0.174. The van der Waals surface area contributed by atoms with Crippen LogP contribution in [0.15, 0.2) is 18.2 Å². The Labute approximate surface area is 100 Å². The Morgan fingerprint density at radius 3 is 3.00 bits per heavy atom. The number of benzene rings is 1. The van der Waals surface area contributed by atoms with Crippen LogP contribution in [0, 0.1) is 5.82 Å². The molecule has 2 nitrogen and oxygen atoms in total. The summed E-state index contributed by atoms with van der Waals surface area (Å²) < 4.78 is 13.9. The highest BCUT2D eigenvalue weighted by atomic mass is 35.5. The number of halogens is 2. The van der Waals surface area contributed by atoms with Gasteiger partial charge in [0.15, 0.2) is 0 Å². The van der Waals surface area contributed by atoms with Crippen LogP contribution in [0.5, 0.6) is 0 Å². The van der Waals surface area contributed by atoms with Crippen molar-refractivity contribution in [2.75, 3.05) is 13.1 Å². The number of nitrogens with two attached hydrogens (primary N) is 1. The fourth-order valence-electron chi connectivity index (χ4n) is 2.41. The van der Waals surface area contributed by atoms with Crippen molar-refractivity contribution in [2.24, 2.45) is 5.73 Å². The largest absolute Gasteiger partial charge is 0.326 e. The zero-order valence-electron chi connectivity index (χ0n) is 9.29. The van der Waals surface area contributed by atoms with Crippen molar-refractivity contribution in [3.8, 4) is 0 Å². The highest BCUT2D eigenvalue weighted by molar-refractivity contribution is 6.30. The Morgan fingerprint density at radius 2 is 2.31 bits per heavy atom. The van der Waals surface area contributed by atoms with Crippen LogP contribution in [-0.4, -0.2) is 24.0 Å². The third kappa shape index (κ3) is 1.95. The van der Waals surface area contributed by atoms with Crippen molar-refractivity contribution in [2.45, 2.75) is 25.4 Å². The van der Waals surface area contributed by atoms with E-state index in [4.69, 9.17) is 17.3 Å². The van der Waals surface area contributed by atoms with Gasteiger partial charge in [-0.3, -0.25) is 4.90 Å². The van der Waals surface area contributed by atoms with E-state index in [1.807, 2.05) is 0 Å². The molecule has 1 aromatic rings. The molecule has 2 atom stereocenters. The van der Waals surface area contributed by atoms with Crippen LogP contribution in [-0.2, 0) is 0 Å². The first-order chi connectivity index (χ1) is 7.65. The summed E-state index contributed by atoms with van der Waals surface area (Å²) in [4.78, 5) is 2.19. The van der Waals surface area contributed by atoms with Crippen molar-refractivity contribution in [3.05, 3.63) is 34.6 Å². The maximum absolute atomic E-state index is 13.9. The topological polar surface area (TPSA) is 29.3 Å². The number of likely N-dealkylation sites (N-methyl/N-ethyl adjacent to an activating group) is 1. The van der Waals surface area contributed by atoms with Gasteiger partial charge >= 0.3 is 0 Å². The smallest absolute Gasteiger partial charge is 0.146 e. The van der Waals surface area contributed by atoms with E-state index in [1.54, 1.807) is 18.2 Å². The molecule has 4 heteroatoms. The molecule has 0 aromatic heterocycles. The minimum Gasteiger partial charge on any atom is -0.326 e. The van der Waals surface area contributed by atoms with Crippen LogP contribution < -0.4 is 5.73 Å². The molecule has 1 aromatic carbocycles. The molecule has 1 heterocycles. The van der Waals surface area contributed by atoms with Crippen molar-refractivity contribution < 1.29 is 4.39 Å². The predicted molar refractivity (Wildman–Crippen MR) is 64.0 cm³/mol. The molecule has 16 heavy (non-hydrogen) atoms. The normalized spacial score (nSPS) is 26.2. The van der Waals surface area contributed by atoms with E-state index in [-0.39, 0.29) is 22.9 Å². The molecule has 0 amide bonds. The molecule has 2 unspecified atom stereocenters. The second kappa shape index (κ2) is 4.70. The Balaban J connectivity index is 2.38. The summed E-state index contributed by atoms with van der Waals surface area (Å²) in [6.45, 7) is 3.87. The Kier molecular flexibility index (Phi) is 3.47. The highest BCUT2D eigenvalue weighted by Gasteiger charge is 2.33. The van der Waals surface area contributed by atoms with E-state index in [0.717, 1.165) is 19.5 Å². The molecule has 0 radical (unpaired) electrons. The van der Waals surface area contributed by atoms with Crippen molar-refractivity contribution in [3.63, 3.8) is 0 Å². The zero-order valence-corrected chi connectivity index (χ0v) is 10.0. The molecule has 0 spiro atoms. The summed E-state index contributed by atoms with van der Waals surface area (Å²) in [5.74, 6) is -0.329. The summed E-state index contributed by atoms with van der Waals surface area (Å²) in [5.41, 5.74) is 6.67. The molecule has 0 bridgehead atoms. The van der Waals surface area contributed by atoms with E-state index in [1.165, 1.54) is 0 Å². The molecule has 1 aliphatic rings. The van der Waals surface area contributed by atoms with Crippen molar-refractivity contribution in [1.29, 1.82) is 0 Å². The van der Waals surface area contributed by atoms with Crippen LogP contribution in [0.25, 0.3) is 0 Å². The standard InChI is InChI=1S/C12H16ClFN2/c1-2-16-7-6-10(15)12(16)8-4-3-5-9(13)11(8)14/h3-5,10,12H,2,6-7,15H2,1H3. The second-order valence-corrected chi connectivity index (χ2v) is 4.58. The van der Waals surface area contributed by atoms with Crippen molar-refractivity contribution in [1.82, 2.24) is 4.90 Å². The number of hydrogen-bond donors (Lipinski definition) is 1. The lowest BCUT2D eigenvalue weighted by molar-refractivity contribution is 0.255. The third-order valence-corrected chi connectivity index (χ3v) is 3.55. The van der Waals surface area contributed by atoms with E-state index in [0.29, 0.717) is 5.56 Å². The van der Waals surface area contributed by atoms with Crippen LogP contribution in [0.1, 0.15) is 24.9 Å². The van der Waals surface area contributed by atoms with Gasteiger partial charge in [-0.05, 0) is 19.0 Å². The average Bonchev–Trinajstić information content (AvgIpc) is 2.64. The fraction of sp³-hybridized carbons (Fsp3) is 0.500. The number of hydrogen-bond acceptors (Lipinski definition) is 2. The molecule has 1 aliphatic heterocycles. The van der Waals surface area contributed by atoms with E-state index in [9.17, 15) is 4.39 Å². The zero-order chi connectivity index (χ0) is 11.7. The maximum Gasteiger partial charge on any atom is 0.146 e. The molecular formula is C12H16ClFN2. The Morgan fingerprint density at radius 1 is 1.56 bits per heavy atom. The van der Waals surface area contributed by atoms with Gasteiger partial charge in [-0.1, -0.05) is 30.7 Å². The van der Waals surface area contributed by atoms with Gasteiger partial charge in [0, 0.05) is 18.2 Å². The lowest BCUT2D eigenvalue weighted by atomic mass is 10.0. The summed E-state index contributed by atoms with van der Waals surface area (Å²) in [6.07, 6.45) is 0.907. The van der Waals surface area contributed by atoms with Gasteiger partial charge in [-0.2, -0.15) is 0 Å². The summed E-state index contributed by atoms with van der Waals surface area (Å²) in [7, 11) is 0. The van der Waals surface area contributed by atoms with Crippen LogP contribution >= 0.6 is 11.6 Å². The average molecular weight is 243 g/mol. The van der Waals surface area contributed by atoms with Gasteiger partial charge < -0.3 is 5.73 Å². The minimum atomic E-state index is -0.329. The van der Waals surface area contributed by atoms with Crippen LogP contribution in [0.4, 0.5) is 4.39 Å². The molecule has 1 saturated heterocycles. The molecule has 88 valence electrons. The van der Waals surface area contributed by atoms with Crippen molar-refractivity contribution >= 4 is 11.6 Å². The Hall–Kier alpha value is -0.640. The second-order valence-electron chi connectivity index (χ2n) is 4.17. The number of likely N-dealkylation sites (tertiary alicyclic amines) is 1. The first-order valence-corrected chi connectivity index (χ1v) is 5.96.